The number of carboxylic acid groups (broad SMARTS) is 1. The van der Waals surface area contributed by atoms with Gasteiger partial charge >= 0.3 is 5.97 Å². The number of hydrogen-bond donors (Lipinski definition) is 2. The van der Waals surface area contributed by atoms with E-state index in [0.29, 0.717) is 11.7 Å². The van der Waals surface area contributed by atoms with E-state index >= 15 is 0 Å². The second-order valence-electron chi connectivity index (χ2n) is 4.29. The van der Waals surface area contributed by atoms with Crippen molar-refractivity contribution < 1.29 is 9.90 Å². The lowest BCUT2D eigenvalue weighted by Crippen LogP contribution is -2.35. The third-order valence-electron chi connectivity index (χ3n) is 3.12. The summed E-state index contributed by atoms with van der Waals surface area (Å²) in [6, 6.07) is 0. The molecule has 0 aliphatic heterocycles. The molecule has 0 spiro atoms. The molecule has 5 nitrogen and oxygen atoms in total. The van der Waals surface area contributed by atoms with Crippen LogP contribution in [0.3, 0.4) is 0 Å². The molecule has 1 aromatic rings. The first-order valence-electron chi connectivity index (χ1n) is 5.40. The van der Waals surface area contributed by atoms with Gasteiger partial charge in [-0.15, -0.1) is 0 Å². The predicted octanol–water partition coefficient (Wildman–Crippen LogP) is 1.90. The molecule has 0 unspecified atom stereocenters. The number of hydrogen-bond acceptors (Lipinski definition) is 5. The summed E-state index contributed by atoms with van der Waals surface area (Å²) in [6.45, 7) is 2.28. The summed E-state index contributed by atoms with van der Waals surface area (Å²) in [5.74, 6) is 0.0297. The van der Waals surface area contributed by atoms with Crippen LogP contribution < -0.4 is 5.32 Å². The molecule has 16 heavy (non-hydrogen) atoms. The fourth-order valence-electron chi connectivity index (χ4n) is 2.13. The van der Waals surface area contributed by atoms with Crippen molar-refractivity contribution in [2.75, 3.05) is 11.9 Å². The molecule has 2 N–H and O–H groups in total. The molecule has 2 rings (SSSR count). The third-order valence-corrected chi connectivity index (χ3v) is 3.88. The summed E-state index contributed by atoms with van der Waals surface area (Å²) in [5, 5.41) is 13.1. The van der Waals surface area contributed by atoms with E-state index in [4.69, 9.17) is 0 Å². The van der Waals surface area contributed by atoms with E-state index < -0.39 is 11.4 Å². The van der Waals surface area contributed by atoms with Crippen LogP contribution >= 0.6 is 11.5 Å². The number of aromatic nitrogens is 2. The zero-order valence-corrected chi connectivity index (χ0v) is 10.0. The predicted molar refractivity (Wildman–Crippen MR) is 61.7 cm³/mol. The maximum atomic E-state index is 11.3. The molecule has 1 saturated carbocycles. The van der Waals surface area contributed by atoms with Crippen molar-refractivity contribution in [2.24, 2.45) is 5.41 Å². The number of aryl methyl sites for hydroxylation is 1. The van der Waals surface area contributed by atoms with Crippen molar-refractivity contribution in [1.29, 1.82) is 0 Å². The monoisotopic (exact) mass is 241 g/mol. The second-order valence-corrected chi connectivity index (χ2v) is 5.04. The molecule has 1 fully saturated rings. The van der Waals surface area contributed by atoms with Crippen molar-refractivity contribution >= 4 is 22.6 Å². The number of aliphatic carboxylic acids is 1. The summed E-state index contributed by atoms with van der Waals surface area (Å²) < 4.78 is 4.05. The van der Waals surface area contributed by atoms with Crippen LogP contribution in [-0.4, -0.2) is 27.0 Å². The highest BCUT2D eigenvalue weighted by atomic mass is 32.1. The van der Waals surface area contributed by atoms with Gasteiger partial charge in [-0.2, -0.15) is 4.37 Å². The fraction of sp³-hybridized carbons (Fsp3) is 0.700. The van der Waals surface area contributed by atoms with Crippen molar-refractivity contribution in [1.82, 2.24) is 9.36 Å². The maximum Gasteiger partial charge on any atom is 0.311 e. The Morgan fingerprint density at radius 3 is 2.75 bits per heavy atom. The first-order valence-corrected chi connectivity index (χ1v) is 6.17. The van der Waals surface area contributed by atoms with Crippen molar-refractivity contribution in [2.45, 2.75) is 32.6 Å². The minimum absolute atomic E-state index is 0.455. The van der Waals surface area contributed by atoms with E-state index in [1.807, 2.05) is 6.92 Å². The number of carboxylic acids is 1. The van der Waals surface area contributed by atoms with Crippen LogP contribution in [0.1, 0.15) is 31.5 Å². The second kappa shape index (κ2) is 4.37. The van der Waals surface area contributed by atoms with Crippen LogP contribution in [0.25, 0.3) is 0 Å². The van der Waals surface area contributed by atoms with Gasteiger partial charge in [-0.05, 0) is 19.8 Å². The molecule has 1 aliphatic carbocycles. The van der Waals surface area contributed by atoms with Gasteiger partial charge in [-0.1, -0.05) is 12.8 Å². The van der Waals surface area contributed by atoms with Gasteiger partial charge in [0.1, 0.15) is 5.82 Å². The van der Waals surface area contributed by atoms with Gasteiger partial charge < -0.3 is 10.4 Å². The highest BCUT2D eigenvalue weighted by molar-refractivity contribution is 7.09. The normalized spacial score (nSPS) is 18.6. The molecule has 0 atom stereocenters. The highest BCUT2D eigenvalue weighted by Crippen LogP contribution is 2.38. The molecule has 0 radical (unpaired) electrons. The minimum Gasteiger partial charge on any atom is -0.481 e. The third kappa shape index (κ3) is 2.16. The minimum atomic E-state index is -0.696. The average molecular weight is 241 g/mol. The summed E-state index contributed by atoms with van der Waals surface area (Å²) in [7, 11) is 0. The van der Waals surface area contributed by atoms with Crippen molar-refractivity contribution in [3.8, 4) is 0 Å². The quantitative estimate of drug-likeness (QED) is 0.842. The molecule has 0 amide bonds. The van der Waals surface area contributed by atoms with Gasteiger partial charge in [0.05, 0.1) is 5.41 Å². The Balaban J connectivity index is 1.99. The molecule has 0 saturated heterocycles. The molecule has 1 aromatic heterocycles. The van der Waals surface area contributed by atoms with Gasteiger partial charge in [0.2, 0.25) is 5.13 Å². The smallest absolute Gasteiger partial charge is 0.311 e. The van der Waals surface area contributed by atoms with Gasteiger partial charge in [-0.3, -0.25) is 4.79 Å². The largest absolute Gasteiger partial charge is 0.481 e. The Labute approximate surface area is 98.1 Å². The summed E-state index contributed by atoms with van der Waals surface area (Å²) >= 11 is 1.28. The van der Waals surface area contributed by atoms with Crippen LogP contribution in [0.15, 0.2) is 0 Å². The number of nitrogens with one attached hydrogen (secondary N) is 1. The van der Waals surface area contributed by atoms with Crippen molar-refractivity contribution in [3.05, 3.63) is 5.82 Å². The number of anilines is 1. The average Bonchev–Trinajstić information content (AvgIpc) is 2.84. The van der Waals surface area contributed by atoms with Crippen molar-refractivity contribution in [3.63, 3.8) is 0 Å². The van der Waals surface area contributed by atoms with E-state index in [2.05, 4.69) is 14.7 Å². The molecular formula is C10H15N3O2S. The molecule has 1 heterocycles. The maximum absolute atomic E-state index is 11.3. The Kier molecular flexibility index (Phi) is 3.09. The van der Waals surface area contributed by atoms with Crippen LogP contribution in [0, 0.1) is 12.3 Å². The molecule has 88 valence electrons. The van der Waals surface area contributed by atoms with E-state index in [0.717, 1.165) is 31.5 Å². The molecule has 0 bridgehead atoms. The Bertz CT molecular complexity index is 385. The number of carbonyl (C=O) groups is 1. The molecular weight excluding hydrogens is 226 g/mol. The fourth-order valence-corrected chi connectivity index (χ4v) is 2.70. The Morgan fingerprint density at radius 2 is 2.25 bits per heavy atom. The highest BCUT2D eigenvalue weighted by Gasteiger charge is 2.41. The molecule has 6 heteroatoms. The van der Waals surface area contributed by atoms with E-state index in [-0.39, 0.29) is 0 Å². The van der Waals surface area contributed by atoms with Crippen LogP contribution in [-0.2, 0) is 4.79 Å². The first-order chi connectivity index (χ1) is 7.62. The van der Waals surface area contributed by atoms with Gasteiger partial charge in [0.15, 0.2) is 0 Å². The standard InChI is InChI=1S/C10H15N3O2S/c1-7-12-9(16-13-7)11-6-10(8(14)15)4-2-3-5-10/h2-6H2,1H3,(H,14,15)(H,11,12,13). The van der Waals surface area contributed by atoms with Crippen LogP contribution in [0.5, 0.6) is 0 Å². The first kappa shape index (κ1) is 11.3. The lowest BCUT2D eigenvalue weighted by molar-refractivity contribution is -0.147. The van der Waals surface area contributed by atoms with E-state index in [1.165, 1.54) is 11.5 Å². The Hall–Kier alpha value is -1.17. The SMILES string of the molecule is Cc1nsc(NCC2(C(=O)O)CCCC2)n1. The topological polar surface area (TPSA) is 75.1 Å². The number of nitrogens with zero attached hydrogens (tertiary/aromatic N) is 2. The zero-order chi connectivity index (χ0) is 11.6. The summed E-state index contributed by atoms with van der Waals surface area (Å²) in [4.78, 5) is 15.4. The Morgan fingerprint density at radius 1 is 1.56 bits per heavy atom. The lowest BCUT2D eigenvalue weighted by Gasteiger charge is -2.23. The van der Waals surface area contributed by atoms with Crippen LogP contribution in [0.2, 0.25) is 0 Å². The summed E-state index contributed by atoms with van der Waals surface area (Å²) in [5.41, 5.74) is -0.598. The lowest BCUT2D eigenvalue weighted by atomic mass is 9.86. The van der Waals surface area contributed by atoms with E-state index in [1.54, 1.807) is 0 Å². The summed E-state index contributed by atoms with van der Waals surface area (Å²) in [6.07, 6.45) is 3.52. The molecule has 0 aromatic carbocycles. The molecule has 1 aliphatic rings. The van der Waals surface area contributed by atoms with Gasteiger partial charge in [-0.25, -0.2) is 4.98 Å². The van der Waals surface area contributed by atoms with Gasteiger partial charge in [0, 0.05) is 18.1 Å². The zero-order valence-electron chi connectivity index (χ0n) is 9.19. The van der Waals surface area contributed by atoms with Crippen LogP contribution in [0.4, 0.5) is 5.13 Å². The number of rotatable bonds is 4. The van der Waals surface area contributed by atoms with Gasteiger partial charge in [0.25, 0.3) is 0 Å². The van der Waals surface area contributed by atoms with E-state index in [9.17, 15) is 9.90 Å².